The van der Waals surface area contributed by atoms with Crippen LogP contribution < -0.4 is 97.2 Å². The summed E-state index contributed by atoms with van der Waals surface area (Å²) in [6.45, 7) is 8.50. The molecule has 0 saturated carbocycles. The molecule has 0 spiro atoms. The molecule has 27 rings (SSSR count). The van der Waals surface area contributed by atoms with Gasteiger partial charge in [0.15, 0.2) is 11.5 Å². The summed E-state index contributed by atoms with van der Waals surface area (Å²) >= 11 is 0. The van der Waals surface area contributed by atoms with Crippen molar-refractivity contribution in [2.75, 3.05) is 19.6 Å². The van der Waals surface area contributed by atoms with Gasteiger partial charge in [0, 0.05) is 86.2 Å². The van der Waals surface area contributed by atoms with Crippen molar-refractivity contribution >= 4 is 181 Å². The molecule has 0 radical (unpaired) electrons. The molecule has 21 aromatic rings. The Bertz CT molecular complexity index is 7790. The van der Waals surface area contributed by atoms with Crippen LogP contribution in [0.2, 0.25) is 0 Å². The van der Waals surface area contributed by atoms with Crippen molar-refractivity contribution in [2.24, 2.45) is 0 Å². The summed E-state index contributed by atoms with van der Waals surface area (Å²) in [6, 6.07) is 156. The van der Waals surface area contributed by atoms with Crippen LogP contribution in [-0.2, 0) is 0 Å². The van der Waals surface area contributed by atoms with E-state index in [-0.39, 0.29) is 20.1 Å². The smallest absolute Gasteiger partial charge is 0.260 e. The Labute approximate surface area is 785 Å². The molecule has 0 aromatic heterocycles. The lowest BCUT2D eigenvalue weighted by Gasteiger charge is -2.39. The number of fused-ring (bicyclic) bond motifs is 16. The van der Waals surface area contributed by atoms with Crippen molar-refractivity contribution in [3.05, 3.63) is 465 Å². The van der Waals surface area contributed by atoms with E-state index in [1.54, 1.807) is 0 Å². The first-order valence-electron chi connectivity index (χ1n) is 46.1. The number of para-hydroxylation sites is 6. The Hall–Kier alpha value is -17.1. The fourth-order valence-electron chi connectivity index (χ4n) is 20.8. The summed E-state index contributed by atoms with van der Waals surface area (Å²) in [5.41, 5.74) is 27.1. The number of aryl methyl sites for hydroxylation is 4. The fourth-order valence-corrected chi connectivity index (χ4v) is 20.8. The number of hydrogen-bond donors (Lipinski definition) is 0. The first-order chi connectivity index (χ1) is 66.5. The molecule has 0 fully saturated rings. The van der Waals surface area contributed by atoms with E-state index in [0.29, 0.717) is 0 Å². The number of rotatable bonds is 12. The van der Waals surface area contributed by atoms with Gasteiger partial charge in [0.2, 0.25) is 0 Å². The fraction of sp³-hybridized carbons (Fsp3) is 0.0328. The average molecular weight is 1740 g/mol. The van der Waals surface area contributed by atoms with Gasteiger partial charge >= 0.3 is 0 Å². The largest absolute Gasteiger partial charge is 0.458 e. The Morgan fingerprint density at radius 1 is 0.156 bits per heavy atom. The highest BCUT2D eigenvalue weighted by molar-refractivity contribution is 6.99. The Kier molecular flexibility index (Phi) is 19.6. The Morgan fingerprint density at radius 2 is 0.422 bits per heavy atom. The van der Waals surface area contributed by atoms with Gasteiger partial charge in [0.25, 0.3) is 20.1 Å². The summed E-state index contributed by atoms with van der Waals surface area (Å²) in [5.74, 6) is 10.2. The lowest BCUT2D eigenvalue weighted by atomic mass is 9.34. The predicted molar refractivity (Wildman–Crippen MR) is 560 cm³/mol. The second-order valence-corrected chi connectivity index (χ2v) is 35.7. The van der Waals surface area contributed by atoms with E-state index in [9.17, 15) is 0 Å². The van der Waals surface area contributed by atoms with Crippen molar-refractivity contribution < 1.29 is 28.4 Å². The van der Waals surface area contributed by atoms with Crippen LogP contribution >= 0.6 is 0 Å². The molecule has 21 aromatic carbocycles. The van der Waals surface area contributed by atoms with Crippen LogP contribution in [0.15, 0.2) is 443 Å². The average Bonchev–Trinajstić information content (AvgIpc) is 0.708. The third-order valence-electron chi connectivity index (χ3n) is 27.0. The zero-order valence-electron chi connectivity index (χ0n) is 74.6. The monoisotopic (exact) mass is 1730 g/mol. The first-order valence-corrected chi connectivity index (χ1v) is 46.1. The molecular weight excluding hydrogens is 1650 g/mol. The quantitative estimate of drug-likeness (QED) is 0.111. The second kappa shape index (κ2) is 33.0. The topological polar surface area (TPSA) is 68.3 Å². The molecule has 0 saturated heterocycles. The van der Waals surface area contributed by atoms with Crippen LogP contribution in [0.4, 0.5) is 68.2 Å². The van der Waals surface area contributed by atoms with Crippen LogP contribution in [-0.4, -0.2) is 20.1 Å². The normalized spacial score (nSPS) is 12.5. The molecule has 13 heteroatoms. The molecule has 6 heterocycles. The van der Waals surface area contributed by atoms with Crippen molar-refractivity contribution in [2.45, 2.75) is 27.7 Å². The second-order valence-electron chi connectivity index (χ2n) is 35.7. The van der Waals surface area contributed by atoms with Crippen LogP contribution in [0.25, 0.3) is 43.1 Å². The van der Waals surface area contributed by atoms with E-state index in [1.165, 1.54) is 87.2 Å². The minimum atomic E-state index is -0.0876. The third-order valence-corrected chi connectivity index (χ3v) is 27.0. The number of anilines is 12. The number of benzene rings is 21. The van der Waals surface area contributed by atoms with Crippen molar-refractivity contribution in [3.63, 3.8) is 0 Å². The highest BCUT2D eigenvalue weighted by Gasteiger charge is 2.47. The molecule has 0 N–H and O–H groups in total. The van der Waals surface area contributed by atoms with E-state index in [0.717, 1.165) is 165 Å². The van der Waals surface area contributed by atoms with Gasteiger partial charge in [-0.1, -0.05) is 290 Å². The first kappa shape index (κ1) is 80.0. The van der Waals surface area contributed by atoms with E-state index in [1.807, 2.05) is 12.1 Å². The molecule has 0 unspecified atom stereocenters. The van der Waals surface area contributed by atoms with E-state index in [4.69, 9.17) is 28.4 Å². The summed E-state index contributed by atoms with van der Waals surface area (Å²) in [4.78, 5) is 9.21. The maximum Gasteiger partial charge on any atom is 0.260 e. The van der Waals surface area contributed by atoms with Crippen molar-refractivity contribution in [1.29, 1.82) is 0 Å². The van der Waals surface area contributed by atoms with E-state index >= 15 is 0 Å². The minimum Gasteiger partial charge on any atom is -0.458 e. The maximum absolute atomic E-state index is 7.00. The molecule has 0 atom stereocenters. The van der Waals surface area contributed by atoms with Gasteiger partial charge in [-0.2, -0.15) is 0 Å². The lowest BCUT2D eigenvalue weighted by Crippen LogP contribution is -2.57. The molecular formula is C122H85B3N4O6. The third kappa shape index (κ3) is 14.3. The van der Waals surface area contributed by atoms with Crippen LogP contribution in [0.5, 0.6) is 69.0 Å². The van der Waals surface area contributed by atoms with Crippen LogP contribution in [0, 0.1) is 27.7 Å². The predicted octanol–water partition coefficient (Wildman–Crippen LogP) is 27.0. The molecule has 0 aliphatic carbocycles. The van der Waals surface area contributed by atoms with E-state index in [2.05, 4.69) is 478 Å². The number of nitrogens with zero attached hydrogens (tertiary/aromatic N) is 4. The maximum atomic E-state index is 7.00. The van der Waals surface area contributed by atoms with Crippen LogP contribution in [0.1, 0.15) is 22.3 Å². The van der Waals surface area contributed by atoms with Crippen LogP contribution in [0.3, 0.4) is 0 Å². The summed E-state index contributed by atoms with van der Waals surface area (Å²) in [5, 5.41) is 9.61. The summed E-state index contributed by atoms with van der Waals surface area (Å²) in [6.07, 6.45) is 0. The van der Waals surface area contributed by atoms with Gasteiger partial charge in [-0.25, -0.2) is 0 Å². The summed E-state index contributed by atoms with van der Waals surface area (Å²) < 4.78 is 40.9. The van der Waals surface area contributed by atoms with Gasteiger partial charge in [0.05, 0.1) is 22.7 Å². The highest BCUT2D eigenvalue weighted by atomic mass is 16.5. The number of hydrogen-bond acceptors (Lipinski definition) is 10. The van der Waals surface area contributed by atoms with Gasteiger partial charge in [0.1, 0.15) is 57.5 Å². The summed E-state index contributed by atoms with van der Waals surface area (Å²) in [7, 11) is 0. The number of ether oxygens (including phenoxy) is 6. The van der Waals surface area contributed by atoms with Crippen molar-refractivity contribution in [3.8, 4) is 69.0 Å². The molecule has 6 aliphatic rings. The minimum absolute atomic E-state index is 0.0381. The van der Waals surface area contributed by atoms with Gasteiger partial charge < -0.3 is 48.0 Å². The highest BCUT2D eigenvalue weighted by Crippen LogP contribution is 2.54. The zero-order valence-corrected chi connectivity index (χ0v) is 74.6. The van der Waals surface area contributed by atoms with Gasteiger partial charge in [-0.05, 0) is 254 Å². The molecule has 638 valence electrons. The van der Waals surface area contributed by atoms with Gasteiger partial charge in [-0.3, -0.25) is 0 Å². The molecule has 0 amide bonds. The van der Waals surface area contributed by atoms with Crippen molar-refractivity contribution in [1.82, 2.24) is 0 Å². The Morgan fingerprint density at radius 3 is 0.770 bits per heavy atom. The lowest BCUT2D eigenvalue weighted by molar-refractivity contribution is 0.464. The van der Waals surface area contributed by atoms with Gasteiger partial charge in [-0.15, -0.1) is 0 Å². The standard InChI is InChI=1S/C42H29BN2O2.2C40H28BNO2/c1-5-17-30(18-6-1)44(31-19-7-2-8-20-31)36-29-37(45(32-21-9-3-10-22-32)33-23-11-4-12-24-33)42-40-41(36)46-38-27-15-13-25-34(38)43(40)35-26-14-16-28-39(35)47-42;1-25-11-17-36-34(19-25)41-35-20-26(2)12-18-37(35)44-39-24-33(23-38(43-36)40(39)41)42(31-15-13-27-7-3-5-9-29(27)21-31)32-16-14-28-8-4-6-10-30(28)22-32;1-25-11-17-34-36(19-25)43-38-23-33(24-39-40(38)41(34)35-18-12-26(2)20-37(35)44-39)42(31-15-13-27-7-3-5-9-29(27)21-31)32-16-14-28-8-4-6-10-30(28)22-32/h1-29H;2*3-24H,1-2H3. The van der Waals surface area contributed by atoms with E-state index < -0.39 is 0 Å². The molecule has 6 aliphatic heterocycles. The Balaban J connectivity index is 0.000000108. The zero-order chi connectivity index (χ0) is 89.9. The molecule has 0 bridgehead atoms. The molecule has 10 nitrogen and oxygen atoms in total. The molecule has 135 heavy (non-hydrogen) atoms. The SMILES string of the molecule is Cc1ccc2c(c1)B1c3cc(C)ccc3Oc3cc(N(c4ccc5ccccc5c4)c4ccc5ccccc5c4)cc(c31)O2.Cc1ccc2c(c1)Oc1cc(N(c3ccc4ccccc4c3)c3ccc4ccccc4c3)cc3c1B2c1ccc(C)cc1O3.c1ccc(N(c2ccccc2)c2cc(N(c3ccccc3)c3ccccc3)c3c4c2Oc2ccccc2B4c2ccccc2O3)cc1.